The minimum atomic E-state index is -0.249. The first-order valence-corrected chi connectivity index (χ1v) is 12.1. The maximum Gasteiger partial charge on any atom is 0.307 e. The van der Waals surface area contributed by atoms with Crippen molar-refractivity contribution in [3.05, 3.63) is 82.4 Å². The number of esters is 1. The highest BCUT2D eigenvalue weighted by Gasteiger charge is 2.41. The van der Waals surface area contributed by atoms with Crippen LogP contribution in [0, 0.1) is 20.8 Å². The van der Waals surface area contributed by atoms with Crippen LogP contribution in [0.3, 0.4) is 0 Å². The first-order valence-electron chi connectivity index (χ1n) is 11.7. The Labute approximate surface area is 207 Å². The molecule has 1 aliphatic heterocycles. The average molecular weight is 477 g/mol. The lowest BCUT2D eigenvalue weighted by molar-refractivity contribution is -0.140. The summed E-state index contributed by atoms with van der Waals surface area (Å²) in [7, 11) is 1.41. The zero-order valence-corrected chi connectivity index (χ0v) is 21.3. The van der Waals surface area contributed by atoms with Crippen LogP contribution in [0.2, 0.25) is 0 Å². The van der Waals surface area contributed by atoms with Crippen LogP contribution in [0.4, 0.5) is 0 Å². The second kappa shape index (κ2) is 9.97. The molecule has 2 atom stereocenters. The quantitative estimate of drug-likeness (QED) is 0.387. The minimum Gasteiger partial charge on any atom is -0.469 e. The van der Waals surface area contributed by atoms with E-state index in [1.165, 1.54) is 40.9 Å². The van der Waals surface area contributed by atoms with E-state index >= 15 is 0 Å². The minimum absolute atomic E-state index is 0.0962. The van der Waals surface area contributed by atoms with E-state index in [9.17, 15) is 4.79 Å². The fourth-order valence-electron chi connectivity index (χ4n) is 5.05. The zero-order chi connectivity index (χ0) is 24.4. The zero-order valence-electron chi connectivity index (χ0n) is 20.5. The molecule has 34 heavy (non-hydrogen) atoms. The van der Waals surface area contributed by atoms with Gasteiger partial charge < -0.3 is 19.5 Å². The predicted molar refractivity (Wildman–Crippen MR) is 138 cm³/mol. The molecule has 1 N–H and O–H groups in total. The molecule has 0 spiro atoms. The molecule has 1 fully saturated rings. The van der Waals surface area contributed by atoms with Crippen LogP contribution in [0.5, 0.6) is 0 Å². The molecule has 0 saturated carbocycles. The number of hydrogen-bond acceptors (Lipinski definition) is 4. The van der Waals surface area contributed by atoms with Gasteiger partial charge in [-0.05, 0) is 74.3 Å². The Balaban J connectivity index is 1.84. The van der Waals surface area contributed by atoms with Crippen LogP contribution in [0.1, 0.15) is 59.2 Å². The van der Waals surface area contributed by atoms with Crippen molar-refractivity contribution in [3.8, 4) is 5.69 Å². The van der Waals surface area contributed by atoms with E-state index in [1.807, 2.05) is 18.2 Å². The van der Waals surface area contributed by atoms with Crippen molar-refractivity contribution in [3.63, 3.8) is 0 Å². The summed E-state index contributed by atoms with van der Waals surface area (Å²) in [6.45, 7) is 9.15. The first-order chi connectivity index (χ1) is 16.4. The number of aryl methyl sites for hydroxylation is 3. The van der Waals surface area contributed by atoms with Crippen molar-refractivity contribution < 1.29 is 9.53 Å². The number of carbonyl (C=O) groups excluding carboxylic acids is 1. The fourth-order valence-corrected chi connectivity index (χ4v) is 5.39. The van der Waals surface area contributed by atoms with Gasteiger partial charge in [0, 0.05) is 24.1 Å². The van der Waals surface area contributed by atoms with Gasteiger partial charge in [0.25, 0.3) is 0 Å². The molecule has 0 amide bonds. The molecule has 1 aliphatic rings. The summed E-state index contributed by atoms with van der Waals surface area (Å²) in [5.74, 6) is -0.249. The topological polar surface area (TPSA) is 59.4 Å². The maximum atomic E-state index is 12.0. The van der Waals surface area contributed by atoms with Crippen LogP contribution >= 0.6 is 12.2 Å². The highest BCUT2D eigenvalue weighted by atomic mass is 32.1. The van der Waals surface area contributed by atoms with Crippen molar-refractivity contribution in [2.75, 3.05) is 13.7 Å². The normalized spacial score (nSPS) is 17.7. The molecule has 1 aromatic carbocycles. The van der Waals surface area contributed by atoms with E-state index in [2.05, 4.69) is 71.7 Å². The Morgan fingerprint density at radius 1 is 1.18 bits per heavy atom. The van der Waals surface area contributed by atoms with E-state index in [0.717, 1.165) is 12.1 Å². The SMILES string of the molecule is CCc1cccc(C)c1-n1c(C)cc([C@H]2[C@@H](c3ccccn3)NC(=S)N2CCC(=O)OC)c1C. The van der Waals surface area contributed by atoms with Crippen LogP contribution in [0.25, 0.3) is 5.69 Å². The van der Waals surface area contributed by atoms with E-state index in [0.29, 0.717) is 11.7 Å². The lowest BCUT2D eigenvalue weighted by Crippen LogP contribution is -2.32. The highest BCUT2D eigenvalue weighted by molar-refractivity contribution is 7.80. The summed E-state index contributed by atoms with van der Waals surface area (Å²) >= 11 is 5.75. The molecule has 178 valence electrons. The molecule has 0 unspecified atom stereocenters. The van der Waals surface area contributed by atoms with Crippen molar-refractivity contribution in [2.24, 2.45) is 0 Å². The lowest BCUT2D eigenvalue weighted by Gasteiger charge is -2.28. The van der Waals surface area contributed by atoms with Crippen LogP contribution in [-0.2, 0) is 16.0 Å². The third-order valence-electron chi connectivity index (χ3n) is 6.70. The van der Waals surface area contributed by atoms with Gasteiger partial charge in [0.05, 0.1) is 37.0 Å². The summed E-state index contributed by atoms with van der Waals surface area (Å²) in [6, 6.07) is 14.4. The Hall–Kier alpha value is -3.19. The van der Waals surface area contributed by atoms with E-state index < -0.39 is 0 Å². The maximum absolute atomic E-state index is 12.0. The number of para-hydroxylation sites is 1. The second-order valence-electron chi connectivity index (χ2n) is 8.74. The molecule has 3 aromatic rings. The number of benzene rings is 1. The molecule has 0 radical (unpaired) electrons. The molecule has 0 aliphatic carbocycles. The third kappa shape index (κ3) is 4.32. The summed E-state index contributed by atoms with van der Waals surface area (Å²) in [4.78, 5) is 18.7. The lowest BCUT2D eigenvalue weighted by atomic mass is 9.96. The number of nitrogens with one attached hydrogen (secondary N) is 1. The number of hydrogen-bond donors (Lipinski definition) is 1. The number of aromatic nitrogens is 2. The van der Waals surface area contributed by atoms with Crippen LogP contribution in [-0.4, -0.2) is 39.2 Å². The molecule has 2 aromatic heterocycles. The van der Waals surface area contributed by atoms with Gasteiger partial charge in [-0.2, -0.15) is 0 Å². The van der Waals surface area contributed by atoms with Gasteiger partial charge in [-0.3, -0.25) is 9.78 Å². The van der Waals surface area contributed by atoms with Gasteiger partial charge in [0.2, 0.25) is 0 Å². The monoisotopic (exact) mass is 476 g/mol. The molecule has 1 saturated heterocycles. The number of ether oxygens (including phenoxy) is 1. The average Bonchev–Trinajstić information content (AvgIpc) is 3.32. The molecular weight excluding hydrogens is 444 g/mol. The number of carbonyl (C=O) groups is 1. The smallest absolute Gasteiger partial charge is 0.307 e. The van der Waals surface area contributed by atoms with Crippen molar-refractivity contribution in [2.45, 2.75) is 52.6 Å². The van der Waals surface area contributed by atoms with Gasteiger partial charge in [-0.15, -0.1) is 0 Å². The molecule has 4 rings (SSSR count). The number of methoxy groups -OCH3 is 1. The number of nitrogens with zero attached hydrogens (tertiary/aromatic N) is 3. The molecule has 7 heteroatoms. The van der Waals surface area contributed by atoms with Crippen LogP contribution < -0.4 is 5.32 Å². The third-order valence-corrected chi connectivity index (χ3v) is 7.05. The Kier molecular flexibility index (Phi) is 7.03. The predicted octanol–water partition coefficient (Wildman–Crippen LogP) is 4.90. The van der Waals surface area contributed by atoms with Crippen molar-refractivity contribution in [1.29, 1.82) is 0 Å². The summed E-state index contributed by atoms with van der Waals surface area (Å²) in [5.41, 5.74) is 8.24. The second-order valence-corrected chi connectivity index (χ2v) is 9.13. The summed E-state index contributed by atoms with van der Waals surface area (Å²) in [6.07, 6.45) is 3.03. The fraction of sp³-hybridized carbons (Fsp3) is 0.370. The largest absolute Gasteiger partial charge is 0.469 e. The number of thiocarbonyl (C=S) groups is 1. The molecule has 0 bridgehead atoms. The Bertz CT molecular complexity index is 1200. The van der Waals surface area contributed by atoms with Gasteiger partial charge in [-0.25, -0.2) is 0 Å². The van der Waals surface area contributed by atoms with Gasteiger partial charge in [-0.1, -0.05) is 31.2 Å². The van der Waals surface area contributed by atoms with Crippen LogP contribution in [0.15, 0.2) is 48.7 Å². The van der Waals surface area contributed by atoms with Gasteiger partial charge in [0.1, 0.15) is 0 Å². The summed E-state index contributed by atoms with van der Waals surface area (Å²) in [5, 5.41) is 4.10. The van der Waals surface area contributed by atoms with Gasteiger partial charge in [0.15, 0.2) is 5.11 Å². The van der Waals surface area contributed by atoms with E-state index in [4.69, 9.17) is 17.0 Å². The first kappa shape index (κ1) is 24.0. The van der Waals surface area contributed by atoms with Crippen molar-refractivity contribution in [1.82, 2.24) is 19.8 Å². The number of pyridine rings is 1. The standard InChI is InChI=1S/C27H32N4O2S/c1-6-20-11-9-10-17(2)25(20)31-18(3)16-21(19(31)4)26-24(22-12-7-8-14-28-22)29-27(34)30(26)15-13-23(32)33-5/h7-12,14,16,24,26H,6,13,15H2,1-5H3,(H,29,34)/t24-,26+/m1/s1. The van der Waals surface area contributed by atoms with Gasteiger partial charge >= 0.3 is 5.97 Å². The van der Waals surface area contributed by atoms with Crippen molar-refractivity contribution >= 4 is 23.3 Å². The summed E-state index contributed by atoms with van der Waals surface area (Å²) < 4.78 is 7.26. The molecular formula is C27H32N4O2S. The van der Waals surface area contributed by atoms with E-state index in [-0.39, 0.29) is 24.5 Å². The Morgan fingerprint density at radius 2 is 1.97 bits per heavy atom. The van der Waals surface area contributed by atoms with E-state index in [1.54, 1.807) is 6.20 Å². The highest BCUT2D eigenvalue weighted by Crippen LogP contribution is 2.42. The molecule has 3 heterocycles. The Morgan fingerprint density at radius 3 is 2.65 bits per heavy atom. The molecule has 6 nitrogen and oxygen atoms in total. The number of rotatable bonds is 7.